The highest BCUT2D eigenvalue weighted by atomic mass is 32.1. The summed E-state index contributed by atoms with van der Waals surface area (Å²) in [7, 11) is 0. The van der Waals surface area contributed by atoms with E-state index in [1.54, 1.807) is 22.7 Å². The van der Waals surface area contributed by atoms with Crippen molar-refractivity contribution in [1.82, 2.24) is 0 Å². The molecule has 2 aromatic rings. The molecule has 2 heterocycles. The van der Waals surface area contributed by atoms with E-state index in [2.05, 4.69) is 59.3 Å². The first-order valence-electron chi connectivity index (χ1n) is 7.03. The largest absolute Gasteiger partial charge is 0.144 e. The molecule has 0 fully saturated rings. The molecule has 0 amide bonds. The SMILES string of the molecule is C(C=CC=CC=Cc1cccs1)=CC=CC=Cc1cccs1. The summed E-state index contributed by atoms with van der Waals surface area (Å²) in [4.78, 5) is 2.54. The Bertz CT molecular complexity index is 614. The van der Waals surface area contributed by atoms with E-state index < -0.39 is 0 Å². The number of allylic oxidation sites excluding steroid dienone is 10. The molecule has 2 rings (SSSR count). The molecule has 0 atom stereocenters. The van der Waals surface area contributed by atoms with Crippen LogP contribution in [0, 0.1) is 0 Å². The zero-order chi connectivity index (χ0) is 15.3. The van der Waals surface area contributed by atoms with Gasteiger partial charge in [0.2, 0.25) is 0 Å². The van der Waals surface area contributed by atoms with E-state index >= 15 is 0 Å². The first-order chi connectivity index (χ1) is 10.9. The minimum atomic E-state index is 1.27. The maximum atomic E-state index is 2.10. The van der Waals surface area contributed by atoms with E-state index in [-0.39, 0.29) is 0 Å². The van der Waals surface area contributed by atoms with E-state index in [0.29, 0.717) is 0 Å². The fourth-order valence-electron chi connectivity index (χ4n) is 1.59. The lowest BCUT2D eigenvalue weighted by atomic mass is 10.3. The van der Waals surface area contributed by atoms with E-state index in [0.717, 1.165) is 0 Å². The summed E-state index contributed by atoms with van der Waals surface area (Å²) in [6, 6.07) is 8.32. The first-order valence-corrected chi connectivity index (χ1v) is 8.79. The smallest absolute Gasteiger partial charge is 0.0270 e. The van der Waals surface area contributed by atoms with Crippen molar-refractivity contribution in [2.75, 3.05) is 0 Å². The van der Waals surface area contributed by atoms with Gasteiger partial charge >= 0.3 is 0 Å². The normalized spacial score (nSPS) is 13.3. The van der Waals surface area contributed by atoms with Crippen LogP contribution in [0.2, 0.25) is 0 Å². The molecular weight excluding hydrogens is 304 g/mol. The number of thiophene rings is 2. The fraction of sp³-hybridized carbons (Fsp3) is 0. The van der Waals surface area contributed by atoms with Crippen molar-refractivity contribution >= 4 is 34.8 Å². The van der Waals surface area contributed by atoms with Crippen molar-refractivity contribution in [1.29, 1.82) is 0 Å². The van der Waals surface area contributed by atoms with Crippen LogP contribution in [0.5, 0.6) is 0 Å². The predicted molar refractivity (Wildman–Crippen MR) is 103 cm³/mol. The van der Waals surface area contributed by atoms with Gasteiger partial charge in [0.25, 0.3) is 0 Å². The van der Waals surface area contributed by atoms with Gasteiger partial charge in [0.1, 0.15) is 0 Å². The van der Waals surface area contributed by atoms with E-state index in [4.69, 9.17) is 0 Å². The van der Waals surface area contributed by atoms with Crippen LogP contribution in [-0.2, 0) is 0 Å². The lowest BCUT2D eigenvalue weighted by Gasteiger charge is -1.79. The molecule has 0 N–H and O–H groups in total. The first kappa shape index (κ1) is 16.2. The lowest BCUT2D eigenvalue weighted by molar-refractivity contribution is 1.85. The fourth-order valence-corrected chi connectivity index (χ4v) is 2.84. The van der Waals surface area contributed by atoms with Crippen molar-refractivity contribution in [3.05, 3.63) is 106 Å². The molecule has 110 valence electrons. The van der Waals surface area contributed by atoms with Gasteiger partial charge in [-0.2, -0.15) is 0 Å². The van der Waals surface area contributed by atoms with Crippen molar-refractivity contribution < 1.29 is 0 Å². The van der Waals surface area contributed by atoms with Crippen LogP contribution in [0.3, 0.4) is 0 Å². The maximum Gasteiger partial charge on any atom is 0.0270 e. The molecule has 0 nitrogen and oxygen atoms in total. The molecule has 22 heavy (non-hydrogen) atoms. The van der Waals surface area contributed by atoms with Crippen molar-refractivity contribution in [3.8, 4) is 0 Å². The Labute approximate surface area is 140 Å². The maximum absolute atomic E-state index is 2.10. The van der Waals surface area contributed by atoms with Gasteiger partial charge in [0, 0.05) is 9.75 Å². The minimum absolute atomic E-state index is 1.27. The molecule has 0 aliphatic heterocycles. The molecule has 0 saturated carbocycles. The Kier molecular flexibility index (Phi) is 7.78. The third kappa shape index (κ3) is 7.02. The van der Waals surface area contributed by atoms with Gasteiger partial charge in [-0.3, -0.25) is 0 Å². The van der Waals surface area contributed by atoms with E-state index in [9.17, 15) is 0 Å². The standard InChI is InChI=1S/C20H18S2/c1(3-5-7-9-13-19-15-11-17-21-19)2-4-6-8-10-14-20-16-12-18-22-20/h1-18H. The van der Waals surface area contributed by atoms with Gasteiger partial charge in [0.15, 0.2) is 0 Å². The average molecular weight is 322 g/mol. The van der Waals surface area contributed by atoms with Gasteiger partial charge in [-0.25, -0.2) is 0 Å². The van der Waals surface area contributed by atoms with Crippen molar-refractivity contribution in [3.63, 3.8) is 0 Å². The van der Waals surface area contributed by atoms with Crippen LogP contribution in [0.1, 0.15) is 9.75 Å². The molecular formula is C20H18S2. The highest BCUT2D eigenvalue weighted by molar-refractivity contribution is 7.11. The molecule has 0 aromatic carbocycles. The van der Waals surface area contributed by atoms with Crippen molar-refractivity contribution in [2.24, 2.45) is 0 Å². The predicted octanol–water partition coefficient (Wildman–Crippen LogP) is 6.76. The van der Waals surface area contributed by atoms with Crippen molar-refractivity contribution in [2.45, 2.75) is 0 Å². The number of hydrogen-bond acceptors (Lipinski definition) is 2. The zero-order valence-corrected chi connectivity index (χ0v) is 13.8. The quantitative estimate of drug-likeness (QED) is 0.494. The summed E-state index contributed by atoms with van der Waals surface area (Å²) in [5, 5.41) is 4.16. The van der Waals surface area contributed by atoms with Gasteiger partial charge in [-0.15, -0.1) is 22.7 Å². The highest BCUT2D eigenvalue weighted by Crippen LogP contribution is 2.10. The molecule has 0 radical (unpaired) electrons. The Morgan fingerprint density at radius 3 is 1.18 bits per heavy atom. The molecule has 2 aromatic heterocycles. The molecule has 0 saturated heterocycles. The van der Waals surface area contributed by atoms with E-state index in [1.807, 2.05) is 48.6 Å². The summed E-state index contributed by atoms with van der Waals surface area (Å²) in [5.74, 6) is 0. The Balaban J connectivity index is 1.64. The Morgan fingerprint density at radius 1 is 0.500 bits per heavy atom. The minimum Gasteiger partial charge on any atom is -0.144 e. The van der Waals surface area contributed by atoms with Crippen LogP contribution < -0.4 is 0 Å². The summed E-state index contributed by atoms with van der Waals surface area (Å²) >= 11 is 3.48. The summed E-state index contributed by atoms with van der Waals surface area (Å²) in [6.45, 7) is 0. The number of hydrogen-bond donors (Lipinski definition) is 0. The monoisotopic (exact) mass is 322 g/mol. The third-order valence-corrected chi connectivity index (χ3v) is 4.28. The van der Waals surface area contributed by atoms with E-state index in [1.165, 1.54) is 9.75 Å². The number of rotatable bonds is 7. The van der Waals surface area contributed by atoms with Gasteiger partial charge in [-0.05, 0) is 35.0 Å². The average Bonchev–Trinajstić information content (AvgIpc) is 3.21. The van der Waals surface area contributed by atoms with Crippen LogP contribution in [0.25, 0.3) is 12.2 Å². The van der Waals surface area contributed by atoms with Gasteiger partial charge < -0.3 is 0 Å². The second kappa shape index (κ2) is 10.6. The Hall–Kier alpha value is -2.16. The second-order valence-electron chi connectivity index (χ2n) is 4.29. The highest BCUT2D eigenvalue weighted by Gasteiger charge is 1.82. The zero-order valence-electron chi connectivity index (χ0n) is 12.2. The molecule has 2 heteroatoms. The topological polar surface area (TPSA) is 0 Å². The molecule has 0 unspecified atom stereocenters. The molecule has 0 aliphatic rings. The van der Waals surface area contributed by atoms with Crippen LogP contribution in [-0.4, -0.2) is 0 Å². The Morgan fingerprint density at radius 2 is 0.864 bits per heavy atom. The summed E-state index contributed by atoms with van der Waals surface area (Å²) < 4.78 is 0. The molecule has 0 bridgehead atoms. The van der Waals surface area contributed by atoms with Crippen LogP contribution in [0.15, 0.2) is 95.8 Å². The summed E-state index contributed by atoms with van der Waals surface area (Å²) in [6.07, 6.45) is 24.5. The van der Waals surface area contributed by atoms with Crippen LogP contribution >= 0.6 is 22.7 Å². The lowest BCUT2D eigenvalue weighted by Crippen LogP contribution is -1.56. The van der Waals surface area contributed by atoms with Crippen LogP contribution in [0.4, 0.5) is 0 Å². The molecule has 0 spiro atoms. The molecule has 0 aliphatic carbocycles. The second-order valence-corrected chi connectivity index (χ2v) is 6.25. The third-order valence-electron chi connectivity index (χ3n) is 2.61. The summed E-state index contributed by atoms with van der Waals surface area (Å²) in [5.41, 5.74) is 0. The van der Waals surface area contributed by atoms with Gasteiger partial charge in [0.05, 0.1) is 0 Å². The van der Waals surface area contributed by atoms with Gasteiger partial charge in [-0.1, -0.05) is 72.9 Å².